The molecule has 0 radical (unpaired) electrons. The van der Waals surface area contributed by atoms with Crippen LogP contribution in [-0.2, 0) is 48.5 Å². The lowest BCUT2D eigenvalue weighted by Gasteiger charge is -2.51. The van der Waals surface area contributed by atoms with Gasteiger partial charge in [0, 0.05) is 41.3 Å². The number of halogens is 4. The van der Waals surface area contributed by atoms with Crippen molar-refractivity contribution in [3.8, 4) is 11.5 Å². The van der Waals surface area contributed by atoms with Gasteiger partial charge in [-0.15, -0.1) is 0 Å². The molecule has 7 rings (SSSR count). The third-order valence-electron chi connectivity index (χ3n) is 14.6. The molecule has 12 nitrogen and oxygen atoms in total. The summed E-state index contributed by atoms with van der Waals surface area (Å²) in [5.41, 5.74) is 1.84. The predicted octanol–water partition coefficient (Wildman–Crippen LogP) is 11.0. The number of methoxy groups -OCH3 is 1. The molecule has 388 valence electrons. The topological polar surface area (TPSA) is 145 Å². The molecule has 1 fully saturated rings. The maximum atomic E-state index is 14.6. The first-order valence-corrected chi connectivity index (χ1v) is 25.5. The fraction of sp³-hybridized carbons (Fsp3) is 0.518. The predicted molar refractivity (Wildman–Crippen MR) is 269 cm³/mol. The Labute approximate surface area is 426 Å². The summed E-state index contributed by atoms with van der Waals surface area (Å²) in [6, 6.07) is 23.0. The number of aryl methyl sites for hydroxylation is 1. The number of alkyl carbamates (subject to hydrolysis) is 1. The number of esters is 1. The lowest BCUT2D eigenvalue weighted by atomic mass is 9.59. The summed E-state index contributed by atoms with van der Waals surface area (Å²) in [7, 11) is 1.13. The van der Waals surface area contributed by atoms with Crippen LogP contribution in [-0.4, -0.2) is 79.6 Å². The Kier molecular flexibility index (Phi) is 17.2. The maximum Gasteiger partial charge on any atom is 0.471 e. The molecule has 1 aromatic heterocycles. The van der Waals surface area contributed by atoms with Crippen LogP contribution in [0.25, 0.3) is 0 Å². The maximum absolute atomic E-state index is 14.6. The number of benzene rings is 3. The number of amides is 3. The van der Waals surface area contributed by atoms with Crippen molar-refractivity contribution in [3.63, 3.8) is 0 Å². The standard InChI is InChI=1S/C56H68ClF3N4O8/c1-36(35-71-47-21-27-61-46-18-10-13-37(2)48(46)47)29-41-31-39-19-20-44(70-28-12-26-62-49(65)40(30-38-14-8-7-9-15-38)34-63-52(68)72-53(3,4)5)33-45(39)54(41)22-24-55(25-23-54,51(67)69-6)64(50(66)56(58,59)60)43-17-11-16-42(57)32-43/h7-9,11,14-17,19-21,27,32-33,36-37,40-41H,10,12-13,18,22-26,28-31,34-35H2,1-6H3,(H,62,65)(H,63,68)/t36-,37-,40?,41+,54?,55?/m1/s1. The number of pyridine rings is 1. The lowest BCUT2D eigenvalue weighted by molar-refractivity contribution is -0.174. The van der Waals surface area contributed by atoms with Crippen molar-refractivity contribution in [2.75, 3.05) is 38.3 Å². The lowest BCUT2D eigenvalue weighted by Crippen LogP contribution is -2.63. The normalized spacial score (nSPS) is 21.4. The van der Waals surface area contributed by atoms with Gasteiger partial charge in [-0.25, -0.2) is 9.59 Å². The average Bonchev–Trinajstić information content (AvgIpc) is 3.62. The Balaban J connectivity index is 1.10. The highest BCUT2D eigenvalue weighted by Crippen LogP contribution is 2.58. The van der Waals surface area contributed by atoms with Crippen LogP contribution in [0.15, 0.2) is 85.1 Å². The highest BCUT2D eigenvalue weighted by molar-refractivity contribution is 6.31. The van der Waals surface area contributed by atoms with Crippen molar-refractivity contribution in [2.24, 2.45) is 17.8 Å². The van der Waals surface area contributed by atoms with Crippen LogP contribution in [0, 0.1) is 17.8 Å². The van der Waals surface area contributed by atoms with E-state index in [-0.39, 0.29) is 67.3 Å². The average molecular weight is 1020 g/mol. The van der Waals surface area contributed by atoms with Crippen LogP contribution in [0.1, 0.15) is 120 Å². The van der Waals surface area contributed by atoms with E-state index in [0.717, 1.165) is 60.9 Å². The van der Waals surface area contributed by atoms with Crippen molar-refractivity contribution >= 4 is 41.2 Å². The Morgan fingerprint density at radius 2 is 1.68 bits per heavy atom. The Hall–Kier alpha value is -5.83. The number of fused-ring (bicyclic) bond motifs is 3. The molecule has 1 heterocycles. The zero-order chi connectivity index (χ0) is 51.8. The summed E-state index contributed by atoms with van der Waals surface area (Å²) in [5.74, 6) is -2.04. The first kappa shape index (κ1) is 54.0. The van der Waals surface area contributed by atoms with E-state index >= 15 is 0 Å². The minimum Gasteiger partial charge on any atom is -0.494 e. The first-order valence-electron chi connectivity index (χ1n) is 25.1. The third-order valence-corrected chi connectivity index (χ3v) is 14.8. The van der Waals surface area contributed by atoms with Gasteiger partial charge >= 0.3 is 24.1 Å². The monoisotopic (exact) mass is 1020 g/mol. The molecule has 3 aliphatic carbocycles. The van der Waals surface area contributed by atoms with Gasteiger partial charge in [0.25, 0.3) is 0 Å². The number of alkyl halides is 3. The summed E-state index contributed by atoms with van der Waals surface area (Å²) >= 11 is 6.30. The number of hydrogen-bond donors (Lipinski definition) is 2. The molecule has 2 N–H and O–H groups in total. The second kappa shape index (κ2) is 22.9. The van der Waals surface area contributed by atoms with E-state index in [2.05, 4.69) is 29.5 Å². The van der Waals surface area contributed by atoms with E-state index in [1.54, 1.807) is 27.0 Å². The zero-order valence-electron chi connectivity index (χ0n) is 42.2. The second-order valence-electron chi connectivity index (χ2n) is 20.9. The van der Waals surface area contributed by atoms with Crippen molar-refractivity contribution in [1.82, 2.24) is 15.6 Å². The van der Waals surface area contributed by atoms with Crippen LogP contribution < -0.4 is 25.0 Å². The van der Waals surface area contributed by atoms with Crippen LogP contribution >= 0.6 is 11.6 Å². The van der Waals surface area contributed by atoms with Gasteiger partial charge in [-0.2, -0.15) is 13.2 Å². The molecule has 4 aromatic rings. The molecule has 4 atom stereocenters. The fourth-order valence-electron chi connectivity index (χ4n) is 11.2. The number of nitrogens with zero attached hydrogens (tertiary/aromatic N) is 2. The summed E-state index contributed by atoms with van der Waals surface area (Å²) in [6.07, 6.45) is 1.57. The van der Waals surface area contributed by atoms with Gasteiger partial charge in [-0.1, -0.05) is 67.9 Å². The quantitative estimate of drug-likeness (QED) is 0.0735. The van der Waals surface area contributed by atoms with Gasteiger partial charge in [0.05, 0.1) is 26.2 Å². The van der Waals surface area contributed by atoms with E-state index in [1.807, 2.05) is 54.6 Å². The van der Waals surface area contributed by atoms with Gasteiger partial charge in [0.15, 0.2) is 0 Å². The third kappa shape index (κ3) is 12.7. The first-order chi connectivity index (χ1) is 34.2. The number of carbonyl (C=O) groups excluding carboxylic acids is 4. The Bertz CT molecular complexity index is 2540. The van der Waals surface area contributed by atoms with Gasteiger partial charge < -0.3 is 29.6 Å². The van der Waals surface area contributed by atoms with Gasteiger partial charge in [-0.05, 0) is 168 Å². The molecular formula is C56H68ClF3N4O8. The molecule has 0 bridgehead atoms. The van der Waals surface area contributed by atoms with Crippen LogP contribution in [0.4, 0.5) is 23.7 Å². The summed E-state index contributed by atoms with van der Waals surface area (Å²) in [4.78, 5) is 58.8. The number of carbonyl (C=O) groups is 4. The smallest absolute Gasteiger partial charge is 0.471 e. The minimum absolute atomic E-state index is 0.00376. The zero-order valence-corrected chi connectivity index (χ0v) is 42.9. The summed E-state index contributed by atoms with van der Waals surface area (Å²) in [5, 5.41) is 5.85. The van der Waals surface area contributed by atoms with Gasteiger partial charge in [0.2, 0.25) is 5.91 Å². The highest BCUT2D eigenvalue weighted by Gasteiger charge is 2.60. The number of rotatable bonds is 18. The Morgan fingerprint density at radius 1 is 0.931 bits per heavy atom. The van der Waals surface area contributed by atoms with Crippen molar-refractivity contribution in [2.45, 2.75) is 134 Å². The molecule has 1 spiro atoms. The Morgan fingerprint density at radius 3 is 2.38 bits per heavy atom. The highest BCUT2D eigenvalue weighted by atomic mass is 35.5. The molecule has 16 heteroatoms. The number of anilines is 1. The van der Waals surface area contributed by atoms with E-state index in [0.29, 0.717) is 49.0 Å². The molecule has 1 unspecified atom stereocenters. The molecule has 1 saturated carbocycles. The molecular weight excluding hydrogens is 949 g/mol. The second-order valence-corrected chi connectivity index (χ2v) is 21.3. The molecule has 72 heavy (non-hydrogen) atoms. The van der Waals surface area contributed by atoms with E-state index in [4.69, 9.17) is 30.5 Å². The molecule has 0 aliphatic heterocycles. The van der Waals surface area contributed by atoms with E-state index in [9.17, 15) is 32.3 Å². The van der Waals surface area contributed by atoms with Crippen molar-refractivity contribution < 1.29 is 51.3 Å². The van der Waals surface area contributed by atoms with Crippen molar-refractivity contribution in [1.29, 1.82) is 0 Å². The molecule has 0 saturated heterocycles. The SMILES string of the molecule is COC(=O)C1(N(C(=O)C(F)(F)F)c2cccc(Cl)c2)CCC2(CC1)c1cc(OCCCNC(=O)C(CNC(=O)OC(C)(C)C)Cc3ccccc3)ccc1C[C@@H]2C[C@@H](C)COc1ccnc2c1[C@H](C)CCC2. The van der Waals surface area contributed by atoms with Gasteiger partial charge in [0.1, 0.15) is 22.6 Å². The number of hydrogen-bond acceptors (Lipinski definition) is 9. The number of nitrogens with one attached hydrogen (secondary N) is 2. The van der Waals surface area contributed by atoms with Crippen LogP contribution in [0.3, 0.4) is 0 Å². The molecule has 3 amide bonds. The fourth-order valence-corrected chi connectivity index (χ4v) is 11.4. The van der Waals surface area contributed by atoms with E-state index < -0.39 is 46.6 Å². The summed E-state index contributed by atoms with van der Waals surface area (Å²) in [6.45, 7) is 10.8. The minimum atomic E-state index is -5.31. The van der Waals surface area contributed by atoms with Crippen LogP contribution in [0.5, 0.6) is 11.5 Å². The number of aromatic nitrogens is 1. The molecule has 3 aliphatic rings. The van der Waals surface area contributed by atoms with Crippen LogP contribution in [0.2, 0.25) is 5.02 Å². The summed E-state index contributed by atoms with van der Waals surface area (Å²) < 4.78 is 67.4. The largest absolute Gasteiger partial charge is 0.494 e. The van der Waals surface area contributed by atoms with Crippen molar-refractivity contribution in [3.05, 3.63) is 118 Å². The number of ether oxygens (including phenoxy) is 4. The van der Waals surface area contributed by atoms with E-state index in [1.165, 1.54) is 29.8 Å². The van der Waals surface area contributed by atoms with Gasteiger partial charge in [-0.3, -0.25) is 19.5 Å². The molecule has 3 aromatic carbocycles.